The summed E-state index contributed by atoms with van der Waals surface area (Å²) in [5.74, 6) is 0.0294. The SMILES string of the molecule is CCCCNC(=O)C(c1cccc(C)c1C)N(C(=O)C(CC(C)C)NC(=O)OC(C)(C)C)C1CC1C. The number of alkyl carbamates (subject to hydrolysis) is 1. The lowest BCUT2D eigenvalue weighted by atomic mass is 9.94. The van der Waals surface area contributed by atoms with Crippen LogP contribution in [0.1, 0.15) is 96.9 Å². The van der Waals surface area contributed by atoms with Crippen LogP contribution >= 0.6 is 0 Å². The summed E-state index contributed by atoms with van der Waals surface area (Å²) in [7, 11) is 0. The van der Waals surface area contributed by atoms with Crippen LogP contribution in [-0.2, 0) is 14.3 Å². The largest absolute Gasteiger partial charge is 0.444 e. The van der Waals surface area contributed by atoms with Gasteiger partial charge in [0.1, 0.15) is 17.7 Å². The van der Waals surface area contributed by atoms with Crippen molar-refractivity contribution in [1.29, 1.82) is 0 Å². The molecule has 202 valence electrons. The lowest BCUT2D eigenvalue weighted by Gasteiger charge is -2.36. The topological polar surface area (TPSA) is 87.7 Å². The van der Waals surface area contributed by atoms with Crippen molar-refractivity contribution in [2.75, 3.05) is 6.54 Å². The van der Waals surface area contributed by atoms with Gasteiger partial charge in [-0.05, 0) is 82.4 Å². The molecule has 1 aliphatic carbocycles. The van der Waals surface area contributed by atoms with Crippen molar-refractivity contribution in [3.05, 3.63) is 34.9 Å². The third-order valence-electron chi connectivity index (χ3n) is 6.67. The van der Waals surface area contributed by atoms with Crippen molar-refractivity contribution >= 4 is 17.9 Å². The van der Waals surface area contributed by atoms with Crippen molar-refractivity contribution < 1.29 is 19.1 Å². The molecule has 1 fully saturated rings. The number of aryl methyl sites for hydroxylation is 1. The summed E-state index contributed by atoms with van der Waals surface area (Å²) < 4.78 is 5.47. The first-order chi connectivity index (χ1) is 16.8. The van der Waals surface area contributed by atoms with E-state index in [2.05, 4.69) is 24.5 Å². The minimum Gasteiger partial charge on any atom is -0.444 e. The number of benzene rings is 1. The van der Waals surface area contributed by atoms with Gasteiger partial charge in [-0.25, -0.2) is 4.79 Å². The Morgan fingerprint density at radius 1 is 1.17 bits per heavy atom. The van der Waals surface area contributed by atoms with E-state index in [0.29, 0.717) is 13.0 Å². The Balaban J connectivity index is 2.51. The lowest BCUT2D eigenvalue weighted by Crippen LogP contribution is -2.54. The molecule has 0 radical (unpaired) electrons. The van der Waals surface area contributed by atoms with Crippen molar-refractivity contribution in [2.24, 2.45) is 11.8 Å². The number of nitrogens with zero attached hydrogens (tertiary/aromatic N) is 1. The third-order valence-corrected chi connectivity index (χ3v) is 6.67. The highest BCUT2D eigenvalue weighted by Gasteiger charge is 2.48. The van der Waals surface area contributed by atoms with Gasteiger partial charge in [0.05, 0.1) is 0 Å². The number of unbranched alkanes of at least 4 members (excludes halogenated alkanes) is 1. The number of carbonyl (C=O) groups is 3. The van der Waals surface area contributed by atoms with Gasteiger partial charge in [0.15, 0.2) is 0 Å². The van der Waals surface area contributed by atoms with E-state index in [1.54, 1.807) is 25.7 Å². The zero-order chi connectivity index (χ0) is 27.2. The fraction of sp³-hybridized carbons (Fsp3) is 0.690. The molecule has 1 saturated carbocycles. The highest BCUT2D eigenvalue weighted by Crippen LogP contribution is 2.41. The number of hydrogen-bond donors (Lipinski definition) is 2. The quantitative estimate of drug-likeness (QED) is 0.395. The predicted octanol–water partition coefficient (Wildman–Crippen LogP) is 5.44. The van der Waals surface area contributed by atoms with Gasteiger partial charge in [-0.3, -0.25) is 9.59 Å². The number of carbonyl (C=O) groups excluding carboxylic acids is 3. The van der Waals surface area contributed by atoms with Gasteiger partial charge >= 0.3 is 6.09 Å². The zero-order valence-electron chi connectivity index (χ0n) is 23.7. The summed E-state index contributed by atoms with van der Waals surface area (Å²) in [5, 5.41) is 5.89. The van der Waals surface area contributed by atoms with Crippen molar-refractivity contribution in [3.8, 4) is 0 Å². The molecular weight excluding hydrogens is 454 g/mol. The Bertz CT molecular complexity index is 922. The van der Waals surface area contributed by atoms with Crippen LogP contribution in [0.2, 0.25) is 0 Å². The molecule has 36 heavy (non-hydrogen) atoms. The summed E-state index contributed by atoms with van der Waals surface area (Å²) in [6, 6.07) is 4.28. The second-order valence-corrected chi connectivity index (χ2v) is 11.7. The molecule has 4 unspecified atom stereocenters. The number of nitrogens with one attached hydrogen (secondary N) is 2. The van der Waals surface area contributed by atoms with Gasteiger partial charge in [-0.2, -0.15) is 0 Å². The van der Waals surface area contributed by atoms with Gasteiger partial charge in [-0.15, -0.1) is 0 Å². The van der Waals surface area contributed by atoms with Crippen LogP contribution < -0.4 is 10.6 Å². The number of hydrogen-bond acceptors (Lipinski definition) is 4. The predicted molar refractivity (Wildman–Crippen MR) is 144 cm³/mol. The molecule has 0 heterocycles. The Morgan fingerprint density at radius 3 is 2.33 bits per heavy atom. The summed E-state index contributed by atoms with van der Waals surface area (Å²) in [6.07, 6.45) is 2.49. The van der Waals surface area contributed by atoms with Crippen molar-refractivity contribution in [2.45, 2.75) is 112 Å². The average molecular weight is 502 g/mol. The van der Waals surface area contributed by atoms with Crippen LogP contribution in [0.5, 0.6) is 0 Å². The van der Waals surface area contributed by atoms with Crippen LogP contribution in [0.4, 0.5) is 4.79 Å². The van der Waals surface area contributed by atoms with E-state index < -0.39 is 23.8 Å². The minimum atomic E-state index is -0.788. The Labute approximate surface area is 217 Å². The smallest absolute Gasteiger partial charge is 0.408 e. The molecule has 3 amide bonds. The van der Waals surface area contributed by atoms with E-state index in [4.69, 9.17) is 4.74 Å². The molecule has 1 aromatic carbocycles. The monoisotopic (exact) mass is 501 g/mol. The van der Waals surface area contributed by atoms with Gasteiger partial charge in [0.2, 0.25) is 11.8 Å². The van der Waals surface area contributed by atoms with Crippen molar-refractivity contribution in [1.82, 2.24) is 15.5 Å². The summed E-state index contributed by atoms with van der Waals surface area (Å²) in [6.45, 7) is 18.2. The summed E-state index contributed by atoms with van der Waals surface area (Å²) in [5.41, 5.74) is 2.22. The fourth-order valence-corrected chi connectivity index (χ4v) is 4.47. The van der Waals surface area contributed by atoms with Crippen LogP contribution in [0.15, 0.2) is 18.2 Å². The Hall–Kier alpha value is -2.57. The number of rotatable bonds is 11. The standard InChI is InChI=1S/C29H47N3O4/c1-10-11-15-30-26(33)25(22-14-12-13-19(4)21(22)6)32(24-17-20(24)5)27(34)23(16-18(2)3)31-28(35)36-29(7,8)9/h12-14,18,20,23-25H,10-11,15-17H2,1-9H3,(H,30,33)(H,31,35). The molecule has 0 spiro atoms. The van der Waals surface area contributed by atoms with E-state index in [-0.39, 0.29) is 29.7 Å². The normalized spacial score (nSPS) is 18.8. The molecule has 2 rings (SSSR count). The summed E-state index contributed by atoms with van der Waals surface area (Å²) >= 11 is 0. The maximum absolute atomic E-state index is 14.2. The third kappa shape index (κ3) is 8.24. The maximum Gasteiger partial charge on any atom is 0.408 e. The highest BCUT2D eigenvalue weighted by molar-refractivity contribution is 5.93. The molecule has 1 aliphatic rings. The summed E-state index contributed by atoms with van der Waals surface area (Å²) in [4.78, 5) is 42.4. The molecule has 4 atom stereocenters. The lowest BCUT2D eigenvalue weighted by molar-refractivity contribution is -0.143. The van der Waals surface area contributed by atoms with E-state index in [0.717, 1.165) is 36.0 Å². The number of ether oxygens (including phenoxy) is 1. The molecule has 2 N–H and O–H groups in total. The fourth-order valence-electron chi connectivity index (χ4n) is 4.47. The minimum absolute atomic E-state index is 0.0607. The Morgan fingerprint density at radius 2 is 1.81 bits per heavy atom. The average Bonchev–Trinajstić information content (AvgIpc) is 3.47. The molecule has 1 aromatic rings. The van der Waals surface area contributed by atoms with Crippen LogP contribution in [-0.4, -0.2) is 47.0 Å². The molecule has 7 heteroatoms. The second-order valence-electron chi connectivity index (χ2n) is 11.7. The molecule has 0 aromatic heterocycles. The van der Waals surface area contributed by atoms with E-state index in [1.807, 2.05) is 45.9 Å². The molecule has 7 nitrogen and oxygen atoms in total. The van der Waals surface area contributed by atoms with Gasteiger partial charge in [0, 0.05) is 12.6 Å². The molecule has 0 saturated heterocycles. The zero-order valence-corrected chi connectivity index (χ0v) is 23.7. The van der Waals surface area contributed by atoms with Gasteiger partial charge in [-0.1, -0.05) is 52.3 Å². The van der Waals surface area contributed by atoms with Crippen LogP contribution in [0.25, 0.3) is 0 Å². The van der Waals surface area contributed by atoms with Gasteiger partial charge < -0.3 is 20.3 Å². The molecular formula is C29H47N3O4. The Kier molecular flexibility index (Phi) is 10.4. The van der Waals surface area contributed by atoms with Crippen LogP contribution in [0.3, 0.4) is 0 Å². The van der Waals surface area contributed by atoms with E-state index >= 15 is 0 Å². The highest BCUT2D eigenvalue weighted by atomic mass is 16.6. The van der Waals surface area contributed by atoms with E-state index in [1.165, 1.54) is 0 Å². The first-order valence-electron chi connectivity index (χ1n) is 13.4. The van der Waals surface area contributed by atoms with Gasteiger partial charge in [0.25, 0.3) is 0 Å². The van der Waals surface area contributed by atoms with Crippen molar-refractivity contribution in [3.63, 3.8) is 0 Å². The second kappa shape index (κ2) is 12.6. The van der Waals surface area contributed by atoms with Crippen LogP contribution in [0, 0.1) is 25.7 Å². The maximum atomic E-state index is 14.2. The first-order valence-corrected chi connectivity index (χ1v) is 13.4. The first kappa shape index (κ1) is 29.7. The molecule has 0 bridgehead atoms. The molecule has 0 aliphatic heterocycles. The van der Waals surface area contributed by atoms with E-state index in [9.17, 15) is 14.4 Å². The number of amides is 3.